The quantitative estimate of drug-likeness (QED) is 0.564. The van der Waals surface area contributed by atoms with Gasteiger partial charge in [0.2, 0.25) is 0 Å². The van der Waals surface area contributed by atoms with Crippen LogP contribution in [0.25, 0.3) is 0 Å². The second kappa shape index (κ2) is 10.0. The molecule has 4 nitrogen and oxygen atoms in total. The van der Waals surface area contributed by atoms with E-state index in [9.17, 15) is 9.59 Å². The fourth-order valence-electron chi connectivity index (χ4n) is 1.88. The lowest BCUT2D eigenvalue weighted by atomic mass is 10.1. The fraction of sp³-hybridized carbons (Fsp3) is 0.500. The average Bonchev–Trinajstić information content (AvgIpc) is 2.47. The standard InChI is InChI=1S/C16H24N2O2/c1-2-3-4-8-12-17-15(19)16(20)18-13-11-14-9-6-5-7-10-14/h5-7,9-10H,2-4,8,11-13H2,1H3,(H,17,19)(H,18,20). The Kier molecular flexibility index (Phi) is 8.11. The number of nitrogens with one attached hydrogen (secondary N) is 2. The Morgan fingerprint density at radius 2 is 1.55 bits per heavy atom. The number of carbonyl (C=O) groups excluding carboxylic acids is 2. The van der Waals surface area contributed by atoms with Crippen LogP contribution in [0.2, 0.25) is 0 Å². The van der Waals surface area contributed by atoms with E-state index < -0.39 is 11.8 Å². The van der Waals surface area contributed by atoms with Gasteiger partial charge in [-0.25, -0.2) is 0 Å². The summed E-state index contributed by atoms with van der Waals surface area (Å²) in [7, 11) is 0. The van der Waals surface area contributed by atoms with Crippen molar-refractivity contribution in [3.05, 3.63) is 35.9 Å². The highest BCUT2D eigenvalue weighted by atomic mass is 16.2. The Morgan fingerprint density at radius 3 is 2.20 bits per heavy atom. The van der Waals surface area contributed by atoms with Crippen molar-refractivity contribution in [2.75, 3.05) is 13.1 Å². The van der Waals surface area contributed by atoms with E-state index in [0.29, 0.717) is 13.1 Å². The number of amides is 2. The number of benzene rings is 1. The zero-order chi connectivity index (χ0) is 14.6. The van der Waals surface area contributed by atoms with E-state index in [1.807, 2.05) is 30.3 Å². The molecule has 20 heavy (non-hydrogen) atoms. The third-order valence-electron chi connectivity index (χ3n) is 3.06. The number of unbranched alkanes of at least 4 members (excludes halogenated alkanes) is 3. The van der Waals surface area contributed by atoms with Crippen molar-refractivity contribution in [2.24, 2.45) is 0 Å². The molecule has 1 rings (SSSR count). The van der Waals surface area contributed by atoms with Gasteiger partial charge in [-0.1, -0.05) is 56.5 Å². The first-order chi connectivity index (χ1) is 9.74. The van der Waals surface area contributed by atoms with Gasteiger partial charge in [0, 0.05) is 13.1 Å². The van der Waals surface area contributed by atoms with Crippen LogP contribution in [0.5, 0.6) is 0 Å². The summed E-state index contributed by atoms with van der Waals surface area (Å²) in [5.41, 5.74) is 1.15. The van der Waals surface area contributed by atoms with Gasteiger partial charge in [0.05, 0.1) is 0 Å². The summed E-state index contributed by atoms with van der Waals surface area (Å²) in [5, 5.41) is 5.27. The van der Waals surface area contributed by atoms with Gasteiger partial charge in [0.1, 0.15) is 0 Å². The molecule has 0 bridgehead atoms. The third-order valence-corrected chi connectivity index (χ3v) is 3.06. The Labute approximate surface area is 121 Å². The van der Waals surface area contributed by atoms with Crippen LogP contribution in [0.4, 0.5) is 0 Å². The first-order valence-corrected chi connectivity index (χ1v) is 7.34. The minimum Gasteiger partial charge on any atom is -0.348 e. The second-order valence-electron chi connectivity index (χ2n) is 4.81. The summed E-state index contributed by atoms with van der Waals surface area (Å²) >= 11 is 0. The number of carbonyl (C=O) groups is 2. The maximum Gasteiger partial charge on any atom is 0.309 e. The van der Waals surface area contributed by atoms with E-state index in [0.717, 1.165) is 31.2 Å². The highest BCUT2D eigenvalue weighted by Gasteiger charge is 2.11. The van der Waals surface area contributed by atoms with Crippen molar-refractivity contribution in [1.29, 1.82) is 0 Å². The molecule has 0 unspecified atom stereocenters. The van der Waals surface area contributed by atoms with E-state index in [-0.39, 0.29) is 0 Å². The highest BCUT2D eigenvalue weighted by molar-refractivity contribution is 6.35. The van der Waals surface area contributed by atoms with Crippen LogP contribution in [-0.2, 0) is 16.0 Å². The van der Waals surface area contributed by atoms with Crippen LogP contribution >= 0.6 is 0 Å². The van der Waals surface area contributed by atoms with Crippen LogP contribution < -0.4 is 10.6 Å². The van der Waals surface area contributed by atoms with E-state index in [4.69, 9.17) is 0 Å². The monoisotopic (exact) mass is 276 g/mol. The molecule has 4 heteroatoms. The molecule has 2 amide bonds. The van der Waals surface area contributed by atoms with Gasteiger partial charge in [-0.2, -0.15) is 0 Å². The topological polar surface area (TPSA) is 58.2 Å². The van der Waals surface area contributed by atoms with Crippen LogP contribution in [-0.4, -0.2) is 24.9 Å². The van der Waals surface area contributed by atoms with Gasteiger partial charge in [0.25, 0.3) is 0 Å². The lowest BCUT2D eigenvalue weighted by Crippen LogP contribution is -2.40. The predicted octanol–water partition coefficient (Wildman–Crippen LogP) is 2.04. The molecular weight excluding hydrogens is 252 g/mol. The molecule has 1 aromatic carbocycles. The molecule has 0 aliphatic rings. The van der Waals surface area contributed by atoms with Crippen molar-refractivity contribution >= 4 is 11.8 Å². The van der Waals surface area contributed by atoms with Crippen molar-refractivity contribution in [1.82, 2.24) is 10.6 Å². The summed E-state index contributed by atoms with van der Waals surface area (Å²) in [6, 6.07) is 9.87. The minimum absolute atomic E-state index is 0.478. The number of hydrogen-bond donors (Lipinski definition) is 2. The highest BCUT2D eigenvalue weighted by Crippen LogP contribution is 1.98. The largest absolute Gasteiger partial charge is 0.348 e. The lowest BCUT2D eigenvalue weighted by molar-refractivity contribution is -0.139. The molecule has 0 atom stereocenters. The van der Waals surface area contributed by atoms with Crippen molar-refractivity contribution in [3.63, 3.8) is 0 Å². The first kappa shape index (κ1) is 16.2. The molecule has 2 N–H and O–H groups in total. The third kappa shape index (κ3) is 6.92. The van der Waals surface area contributed by atoms with Crippen LogP contribution in [0.15, 0.2) is 30.3 Å². The smallest absolute Gasteiger partial charge is 0.309 e. The zero-order valence-electron chi connectivity index (χ0n) is 12.2. The molecule has 0 fully saturated rings. The first-order valence-electron chi connectivity index (χ1n) is 7.34. The summed E-state index contributed by atoms with van der Waals surface area (Å²) in [6.45, 7) is 3.19. The summed E-state index contributed by atoms with van der Waals surface area (Å²) < 4.78 is 0. The molecule has 0 radical (unpaired) electrons. The molecule has 0 saturated heterocycles. The predicted molar refractivity (Wildman–Crippen MR) is 80.3 cm³/mol. The van der Waals surface area contributed by atoms with E-state index in [1.54, 1.807) is 0 Å². The van der Waals surface area contributed by atoms with Crippen LogP contribution in [0.1, 0.15) is 38.2 Å². The Balaban J connectivity index is 2.11. The lowest BCUT2D eigenvalue weighted by Gasteiger charge is -2.06. The summed E-state index contributed by atoms with van der Waals surface area (Å²) in [6.07, 6.45) is 5.08. The SMILES string of the molecule is CCCCCCNC(=O)C(=O)NCCc1ccccc1. The Hall–Kier alpha value is -1.84. The summed E-state index contributed by atoms with van der Waals surface area (Å²) in [4.78, 5) is 23.0. The number of rotatable bonds is 8. The molecule has 0 spiro atoms. The van der Waals surface area contributed by atoms with E-state index in [2.05, 4.69) is 17.6 Å². The van der Waals surface area contributed by atoms with E-state index >= 15 is 0 Å². The zero-order valence-corrected chi connectivity index (χ0v) is 12.2. The maximum absolute atomic E-state index is 11.5. The van der Waals surface area contributed by atoms with Crippen LogP contribution in [0, 0.1) is 0 Å². The van der Waals surface area contributed by atoms with Gasteiger partial charge < -0.3 is 10.6 Å². The van der Waals surface area contributed by atoms with Gasteiger partial charge in [-0.3, -0.25) is 9.59 Å². The van der Waals surface area contributed by atoms with E-state index in [1.165, 1.54) is 6.42 Å². The van der Waals surface area contributed by atoms with Gasteiger partial charge in [-0.05, 0) is 18.4 Å². The maximum atomic E-state index is 11.5. The van der Waals surface area contributed by atoms with Crippen molar-refractivity contribution in [2.45, 2.75) is 39.0 Å². The molecule has 1 aromatic rings. The molecule has 0 aromatic heterocycles. The molecule has 0 heterocycles. The number of hydrogen-bond acceptors (Lipinski definition) is 2. The molecular formula is C16H24N2O2. The van der Waals surface area contributed by atoms with Gasteiger partial charge in [0.15, 0.2) is 0 Å². The summed E-state index contributed by atoms with van der Waals surface area (Å²) in [5.74, 6) is -1.08. The van der Waals surface area contributed by atoms with Crippen molar-refractivity contribution < 1.29 is 9.59 Å². The van der Waals surface area contributed by atoms with Crippen LogP contribution in [0.3, 0.4) is 0 Å². The Bertz CT molecular complexity index is 404. The van der Waals surface area contributed by atoms with Crippen molar-refractivity contribution in [3.8, 4) is 0 Å². The van der Waals surface area contributed by atoms with Gasteiger partial charge in [-0.15, -0.1) is 0 Å². The minimum atomic E-state index is -0.545. The molecule has 0 aliphatic carbocycles. The average molecular weight is 276 g/mol. The Morgan fingerprint density at radius 1 is 0.900 bits per heavy atom. The normalized spacial score (nSPS) is 10.1. The fourth-order valence-corrected chi connectivity index (χ4v) is 1.88. The molecule has 0 saturated carbocycles. The molecule has 0 aliphatic heterocycles. The van der Waals surface area contributed by atoms with Gasteiger partial charge >= 0.3 is 11.8 Å². The second-order valence-corrected chi connectivity index (χ2v) is 4.81. The molecule has 110 valence electrons.